The number of aromatic nitrogens is 2. The Kier molecular flexibility index (Phi) is 4.78. The van der Waals surface area contributed by atoms with Gasteiger partial charge in [-0.3, -0.25) is 10.00 Å². The van der Waals surface area contributed by atoms with Crippen molar-refractivity contribution in [3.8, 4) is 11.1 Å². The van der Waals surface area contributed by atoms with Gasteiger partial charge in [0.2, 0.25) is 0 Å². The highest BCUT2D eigenvalue weighted by molar-refractivity contribution is 5.66. The third kappa shape index (κ3) is 3.52. The van der Waals surface area contributed by atoms with E-state index in [0.29, 0.717) is 17.5 Å². The van der Waals surface area contributed by atoms with Crippen molar-refractivity contribution >= 4 is 0 Å². The van der Waals surface area contributed by atoms with Crippen molar-refractivity contribution in [2.24, 2.45) is 0 Å². The van der Waals surface area contributed by atoms with Crippen molar-refractivity contribution in [1.29, 1.82) is 0 Å². The molecule has 0 bridgehead atoms. The topological polar surface area (TPSA) is 31.9 Å². The Labute approximate surface area is 151 Å². The lowest BCUT2D eigenvalue weighted by Gasteiger charge is -2.36. The van der Waals surface area contributed by atoms with Crippen molar-refractivity contribution in [3.63, 3.8) is 0 Å². The Morgan fingerprint density at radius 2 is 1.88 bits per heavy atom. The van der Waals surface area contributed by atoms with E-state index in [1.54, 1.807) is 12.3 Å². The lowest BCUT2D eigenvalue weighted by atomic mass is 9.89. The van der Waals surface area contributed by atoms with E-state index in [4.69, 9.17) is 0 Å². The van der Waals surface area contributed by atoms with E-state index >= 15 is 0 Å². The molecule has 140 valence electrons. The molecule has 26 heavy (non-hydrogen) atoms. The van der Waals surface area contributed by atoms with E-state index in [1.165, 1.54) is 37.8 Å². The van der Waals surface area contributed by atoms with Crippen LogP contribution in [0.4, 0.5) is 13.2 Å². The summed E-state index contributed by atoms with van der Waals surface area (Å²) in [5, 5.41) is 7.25. The minimum absolute atomic E-state index is 0.302. The number of piperidine rings is 1. The number of H-pyrrole nitrogens is 1. The van der Waals surface area contributed by atoms with Crippen LogP contribution in [0.15, 0.2) is 30.5 Å². The Bertz CT molecular complexity index is 747. The van der Waals surface area contributed by atoms with Crippen LogP contribution in [0.5, 0.6) is 0 Å². The van der Waals surface area contributed by atoms with Gasteiger partial charge in [-0.2, -0.15) is 18.3 Å². The largest absolute Gasteiger partial charge is 0.416 e. The summed E-state index contributed by atoms with van der Waals surface area (Å²) >= 11 is 0. The van der Waals surface area contributed by atoms with Gasteiger partial charge in [0.05, 0.1) is 11.8 Å². The summed E-state index contributed by atoms with van der Waals surface area (Å²) in [4.78, 5) is 2.58. The third-order valence-electron chi connectivity index (χ3n) is 5.87. The number of aromatic amines is 1. The number of nitrogens with one attached hydrogen (secondary N) is 1. The maximum Gasteiger partial charge on any atom is 0.416 e. The van der Waals surface area contributed by atoms with Gasteiger partial charge in [-0.15, -0.1) is 0 Å². The first kappa shape index (κ1) is 17.6. The van der Waals surface area contributed by atoms with Gasteiger partial charge in [-0.05, 0) is 49.9 Å². The zero-order chi connectivity index (χ0) is 18.1. The molecule has 1 aromatic carbocycles. The zero-order valence-electron chi connectivity index (χ0n) is 14.7. The molecule has 0 spiro atoms. The maximum atomic E-state index is 13.1. The normalized spacial score (nSPS) is 22.8. The predicted octanol–water partition coefficient (Wildman–Crippen LogP) is 5.22. The molecule has 0 amide bonds. The van der Waals surface area contributed by atoms with Crippen LogP contribution in [0.1, 0.15) is 55.7 Å². The lowest BCUT2D eigenvalue weighted by molar-refractivity contribution is -0.137. The summed E-state index contributed by atoms with van der Waals surface area (Å²) in [6, 6.07) is 6.23. The molecule has 1 aliphatic heterocycles. The van der Waals surface area contributed by atoms with Crippen LogP contribution in [-0.2, 0) is 6.18 Å². The maximum absolute atomic E-state index is 13.1. The number of nitrogens with zero attached hydrogens (tertiary/aromatic N) is 2. The molecule has 2 fully saturated rings. The minimum atomic E-state index is -4.33. The van der Waals surface area contributed by atoms with Crippen molar-refractivity contribution < 1.29 is 13.2 Å². The molecule has 1 aliphatic carbocycles. The number of rotatable bonds is 3. The van der Waals surface area contributed by atoms with Gasteiger partial charge in [-0.1, -0.05) is 25.0 Å². The Balaban J connectivity index is 1.59. The highest BCUT2D eigenvalue weighted by Crippen LogP contribution is 2.37. The van der Waals surface area contributed by atoms with Gasteiger partial charge in [0.1, 0.15) is 0 Å². The zero-order valence-corrected chi connectivity index (χ0v) is 14.7. The van der Waals surface area contributed by atoms with Gasteiger partial charge < -0.3 is 0 Å². The average Bonchev–Trinajstić information content (AvgIpc) is 3.33. The Morgan fingerprint density at radius 1 is 1.08 bits per heavy atom. The van der Waals surface area contributed by atoms with Crippen LogP contribution >= 0.6 is 0 Å². The molecule has 2 aliphatic rings. The molecule has 4 rings (SSSR count). The summed E-state index contributed by atoms with van der Waals surface area (Å²) in [6.07, 6.45) is 4.69. The van der Waals surface area contributed by atoms with Crippen LogP contribution in [-0.4, -0.2) is 34.2 Å². The molecule has 0 radical (unpaired) electrons. The second-order valence-electron chi connectivity index (χ2n) is 7.55. The lowest BCUT2D eigenvalue weighted by Crippen LogP contribution is -2.40. The monoisotopic (exact) mass is 363 g/mol. The quantitative estimate of drug-likeness (QED) is 0.811. The number of hydrogen-bond acceptors (Lipinski definition) is 2. The third-order valence-corrected chi connectivity index (χ3v) is 5.87. The van der Waals surface area contributed by atoms with Crippen LogP contribution in [0.3, 0.4) is 0 Å². The van der Waals surface area contributed by atoms with E-state index in [-0.39, 0.29) is 0 Å². The highest BCUT2D eigenvalue weighted by Gasteiger charge is 2.32. The number of benzene rings is 1. The van der Waals surface area contributed by atoms with Gasteiger partial charge in [-0.25, -0.2) is 0 Å². The van der Waals surface area contributed by atoms with Crippen molar-refractivity contribution in [2.75, 3.05) is 13.1 Å². The Hall–Kier alpha value is -1.82. The van der Waals surface area contributed by atoms with Gasteiger partial charge in [0.15, 0.2) is 0 Å². The van der Waals surface area contributed by atoms with Crippen LogP contribution in [0.2, 0.25) is 0 Å². The fourth-order valence-corrected chi connectivity index (χ4v) is 4.54. The smallest absolute Gasteiger partial charge is 0.300 e. The van der Waals surface area contributed by atoms with E-state index in [1.807, 2.05) is 0 Å². The predicted molar refractivity (Wildman–Crippen MR) is 94.8 cm³/mol. The second kappa shape index (κ2) is 7.06. The van der Waals surface area contributed by atoms with E-state index in [0.717, 1.165) is 43.3 Å². The number of hydrogen-bond donors (Lipinski definition) is 1. The average molecular weight is 363 g/mol. The highest BCUT2D eigenvalue weighted by atomic mass is 19.4. The van der Waals surface area contributed by atoms with Crippen molar-refractivity contribution in [1.82, 2.24) is 15.1 Å². The molecule has 1 saturated carbocycles. The molecule has 1 atom stereocenters. The first-order chi connectivity index (χ1) is 12.5. The van der Waals surface area contributed by atoms with Gasteiger partial charge in [0, 0.05) is 29.8 Å². The summed E-state index contributed by atoms with van der Waals surface area (Å²) < 4.78 is 39.2. The Morgan fingerprint density at radius 3 is 2.65 bits per heavy atom. The fourth-order valence-electron chi connectivity index (χ4n) is 4.54. The molecule has 3 nitrogen and oxygen atoms in total. The molecule has 6 heteroatoms. The van der Waals surface area contributed by atoms with Gasteiger partial charge in [0.25, 0.3) is 0 Å². The number of likely N-dealkylation sites (tertiary alicyclic amines) is 1. The van der Waals surface area contributed by atoms with E-state index in [2.05, 4.69) is 15.1 Å². The van der Waals surface area contributed by atoms with E-state index < -0.39 is 11.7 Å². The van der Waals surface area contributed by atoms with Crippen LogP contribution in [0.25, 0.3) is 11.1 Å². The molecule has 2 heterocycles. The van der Waals surface area contributed by atoms with Crippen LogP contribution < -0.4 is 0 Å². The van der Waals surface area contributed by atoms with Crippen molar-refractivity contribution in [3.05, 3.63) is 41.7 Å². The van der Waals surface area contributed by atoms with Crippen molar-refractivity contribution in [2.45, 2.75) is 56.7 Å². The SMILES string of the molecule is FC(F)(F)c1cccc(-c2cn[nH]c2[C@@H]2CCCN(C3CCCC3)C2)c1. The number of halogens is 3. The number of alkyl halides is 3. The van der Waals surface area contributed by atoms with E-state index in [9.17, 15) is 13.2 Å². The fraction of sp³-hybridized carbons (Fsp3) is 0.550. The molecule has 1 N–H and O–H groups in total. The van der Waals surface area contributed by atoms with Crippen LogP contribution in [0, 0.1) is 0 Å². The standard InChI is InChI=1S/C20H24F3N3/c21-20(22,23)16-7-3-5-14(11-16)18-12-24-25-19(18)15-6-4-10-26(13-15)17-8-1-2-9-17/h3,5,7,11-12,15,17H,1-2,4,6,8-10,13H2,(H,24,25)/t15-/m1/s1. The molecular weight excluding hydrogens is 339 g/mol. The summed E-state index contributed by atoms with van der Waals surface area (Å²) in [7, 11) is 0. The van der Waals surface area contributed by atoms with Gasteiger partial charge >= 0.3 is 6.18 Å². The molecule has 0 unspecified atom stereocenters. The second-order valence-corrected chi connectivity index (χ2v) is 7.55. The molecule has 1 aromatic heterocycles. The molecule has 2 aromatic rings. The summed E-state index contributed by atoms with van der Waals surface area (Å²) in [5.74, 6) is 0.302. The summed E-state index contributed by atoms with van der Waals surface area (Å²) in [6.45, 7) is 2.10. The minimum Gasteiger partial charge on any atom is -0.300 e. The molecule has 1 saturated heterocycles. The first-order valence-electron chi connectivity index (χ1n) is 9.47. The first-order valence-corrected chi connectivity index (χ1v) is 9.47. The summed E-state index contributed by atoms with van der Waals surface area (Å²) in [5.41, 5.74) is 1.75. The molecular formula is C20H24F3N3.